The van der Waals surface area contributed by atoms with Gasteiger partial charge in [-0.25, -0.2) is 0 Å². The molecule has 1 heteroatoms. The minimum absolute atomic E-state index is 0.760. The Bertz CT molecular complexity index is 151. The first-order chi connectivity index (χ1) is 4.29. The molecule has 0 aliphatic heterocycles. The SMILES string of the molecule is CC(C)Cc1[c]scc1. The molecule has 1 rings (SSSR count). The summed E-state index contributed by atoms with van der Waals surface area (Å²) >= 11 is 1.66. The molecule has 0 aliphatic rings. The molecule has 9 heavy (non-hydrogen) atoms. The maximum atomic E-state index is 3.21. The van der Waals surface area contributed by atoms with E-state index in [1.807, 2.05) is 0 Å². The number of rotatable bonds is 2. The molecule has 1 aromatic rings. The fourth-order valence-corrected chi connectivity index (χ4v) is 1.41. The highest BCUT2D eigenvalue weighted by molar-refractivity contribution is 7.07. The van der Waals surface area contributed by atoms with Crippen LogP contribution in [-0.2, 0) is 6.42 Å². The molecule has 0 nitrogen and oxygen atoms in total. The topological polar surface area (TPSA) is 0 Å². The Morgan fingerprint density at radius 2 is 2.44 bits per heavy atom. The lowest BCUT2D eigenvalue weighted by Gasteiger charge is -1.98. The molecule has 0 saturated carbocycles. The van der Waals surface area contributed by atoms with Gasteiger partial charge in [0.25, 0.3) is 0 Å². The van der Waals surface area contributed by atoms with Crippen molar-refractivity contribution in [1.29, 1.82) is 0 Å². The Hall–Kier alpha value is -0.300. The summed E-state index contributed by atoms with van der Waals surface area (Å²) in [7, 11) is 0. The first-order valence-corrected chi connectivity index (χ1v) is 4.11. The molecule has 0 aliphatic carbocycles. The van der Waals surface area contributed by atoms with Crippen LogP contribution in [0.2, 0.25) is 0 Å². The van der Waals surface area contributed by atoms with Crippen LogP contribution in [0.25, 0.3) is 0 Å². The quantitative estimate of drug-likeness (QED) is 0.591. The van der Waals surface area contributed by atoms with E-state index in [2.05, 4.69) is 30.7 Å². The molecule has 1 aromatic heterocycles. The van der Waals surface area contributed by atoms with Gasteiger partial charge in [0.15, 0.2) is 0 Å². The third-order valence-electron chi connectivity index (χ3n) is 1.16. The van der Waals surface area contributed by atoms with Gasteiger partial charge in [-0.05, 0) is 29.3 Å². The minimum atomic E-state index is 0.760. The summed E-state index contributed by atoms with van der Waals surface area (Å²) in [6, 6.07) is 2.14. The average molecular weight is 139 g/mol. The maximum Gasteiger partial charge on any atom is 0.0477 e. The van der Waals surface area contributed by atoms with Crippen molar-refractivity contribution in [2.75, 3.05) is 0 Å². The second kappa shape index (κ2) is 3.02. The van der Waals surface area contributed by atoms with E-state index in [1.165, 1.54) is 12.0 Å². The minimum Gasteiger partial charge on any atom is -0.143 e. The molecule has 0 saturated heterocycles. The largest absolute Gasteiger partial charge is 0.143 e. The van der Waals surface area contributed by atoms with E-state index in [0.717, 1.165) is 5.92 Å². The monoisotopic (exact) mass is 139 g/mol. The Morgan fingerprint density at radius 1 is 1.67 bits per heavy atom. The lowest BCUT2D eigenvalue weighted by Crippen LogP contribution is -1.90. The van der Waals surface area contributed by atoms with Gasteiger partial charge in [-0.3, -0.25) is 0 Å². The molecule has 0 spiro atoms. The third kappa shape index (κ3) is 2.19. The molecular weight excluding hydrogens is 128 g/mol. The second-order valence-corrected chi connectivity index (χ2v) is 3.36. The third-order valence-corrected chi connectivity index (χ3v) is 1.81. The van der Waals surface area contributed by atoms with Gasteiger partial charge >= 0.3 is 0 Å². The van der Waals surface area contributed by atoms with Crippen molar-refractivity contribution in [2.24, 2.45) is 5.92 Å². The zero-order valence-corrected chi connectivity index (χ0v) is 6.66. The van der Waals surface area contributed by atoms with Gasteiger partial charge in [-0.15, -0.1) is 11.3 Å². The molecule has 0 bridgehead atoms. The highest BCUT2D eigenvalue weighted by Gasteiger charge is 1.96. The van der Waals surface area contributed by atoms with Crippen molar-refractivity contribution in [1.82, 2.24) is 0 Å². The van der Waals surface area contributed by atoms with Crippen molar-refractivity contribution in [3.05, 3.63) is 22.4 Å². The number of hydrogen-bond donors (Lipinski definition) is 0. The van der Waals surface area contributed by atoms with Gasteiger partial charge in [0, 0.05) is 5.38 Å². The highest BCUT2D eigenvalue weighted by Crippen LogP contribution is 2.09. The summed E-state index contributed by atoms with van der Waals surface area (Å²) in [6.45, 7) is 4.46. The summed E-state index contributed by atoms with van der Waals surface area (Å²) in [5.74, 6) is 0.760. The second-order valence-electron chi connectivity index (χ2n) is 2.65. The van der Waals surface area contributed by atoms with Crippen molar-refractivity contribution in [2.45, 2.75) is 20.3 Å². The standard InChI is InChI=1S/C8H11S/c1-7(2)5-8-3-4-9-6-8/h3-4,7H,5H2,1-2H3. The molecule has 0 atom stereocenters. The summed E-state index contributed by atoms with van der Waals surface area (Å²) in [6.07, 6.45) is 1.17. The molecule has 0 N–H and O–H groups in total. The van der Waals surface area contributed by atoms with Crippen LogP contribution in [0.15, 0.2) is 11.4 Å². The Kier molecular flexibility index (Phi) is 2.29. The highest BCUT2D eigenvalue weighted by atomic mass is 32.1. The van der Waals surface area contributed by atoms with Crippen LogP contribution in [0.3, 0.4) is 0 Å². The van der Waals surface area contributed by atoms with E-state index in [9.17, 15) is 0 Å². The predicted molar refractivity (Wildman–Crippen MR) is 41.7 cm³/mol. The van der Waals surface area contributed by atoms with Gasteiger partial charge in [-0.1, -0.05) is 13.8 Å². The van der Waals surface area contributed by atoms with Gasteiger partial charge in [0.2, 0.25) is 0 Å². The summed E-state index contributed by atoms with van der Waals surface area (Å²) in [4.78, 5) is 0. The Balaban J connectivity index is 2.48. The predicted octanol–water partition coefficient (Wildman–Crippen LogP) is 2.75. The molecule has 1 radical (unpaired) electrons. The van der Waals surface area contributed by atoms with Crippen molar-refractivity contribution in [3.63, 3.8) is 0 Å². The molecule has 1 heterocycles. The van der Waals surface area contributed by atoms with E-state index >= 15 is 0 Å². The van der Waals surface area contributed by atoms with Crippen LogP contribution in [0.5, 0.6) is 0 Å². The van der Waals surface area contributed by atoms with Crippen LogP contribution in [0.1, 0.15) is 19.4 Å². The van der Waals surface area contributed by atoms with Crippen LogP contribution in [0, 0.1) is 11.3 Å². The van der Waals surface area contributed by atoms with Crippen LogP contribution in [-0.4, -0.2) is 0 Å². The summed E-state index contributed by atoms with van der Waals surface area (Å²) in [5, 5.41) is 5.29. The molecule has 0 unspecified atom stereocenters. The molecular formula is C8H11S. The molecule has 0 amide bonds. The van der Waals surface area contributed by atoms with Crippen LogP contribution < -0.4 is 0 Å². The zero-order chi connectivity index (χ0) is 6.69. The van der Waals surface area contributed by atoms with E-state index in [0.29, 0.717) is 0 Å². The average Bonchev–Trinajstić information content (AvgIpc) is 2.15. The van der Waals surface area contributed by atoms with E-state index < -0.39 is 0 Å². The molecule has 0 fully saturated rings. The first kappa shape index (κ1) is 6.81. The maximum absolute atomic E-state index is 3.21. The van der Waals surface area contributed by atoms with E-state index in [1.54, 1.807) is 11.3 Å². The van der Waals surface area contributed by atoms with Crippen LogP contribution in [0.4, 0.5) is 0 Å². The Labute approximate surface area is 60.5 Å². The van der Waals surface area contributed by atoms with Crippen molar-refractivity contribution < 1.29 is 0 Å². The normalized spacial score (nSPS) is 10.6. The van der Waals surface area contributed by atoms with Gasteiger partial charge in [0.1, 0.15) is 0 Å². The lowest BCUT2D eigenvalue weighted by atomic mass is 10.1. The van der Waals surface area contributed by atoms with Crippen molar-refractivity contribution in [3.8, 4) is 0 Å². The number of thiophene rings is 1. The molecule has 49 valence electrons. The fraction of sp³-hybridized carbons (Fsp3) is 0.500. The van der Waals surface area contributed by atoms with Crippen LogP contribution >= 0.6 is 11.3 Å². The van der Waals surface area contributed by atoms with E-state index in [-0.39, 0.29) is 0 Å². The summed E-state index contributed by atoms with van der Waals surface area (Å²) < 4.78 is 0. The first-order valence-electron chi connectivity index (χ1n) is 3.23. The molecule has 0 aromatic carbocycles. The Morgan fingerprint density at radius 3 is 2.89 bits per heavy atom. The lowest BCUT2D eigenvalue weighted by molar-refractivity contribution is 0.648. The van der Waals surface area contributed by atoms with E-state index in [4.69, 9.17) is 0 Å². The fourth-order valence-electron chi connectivity index (χ4n) is 0.809. The summed E-state index contributed by atoms with van der Waals surface area (Å²) in [5.41, 5.74) is 1.36. The smallest absolute Gasteiger partial charge is 0.0477 e. The van der Waals surface area contributed by atoms with Gasteiger partial charge < -0.3 is 0 Å². The van der Waals surface area contributed by atoms with Gasteiger partial charge in [-0.2, -0.15) is 0 Å². The van der Waals surface area contributed by atoms with Gasteiger partial charge in [0.05, 0.1) is 0 Å². The van der Waals surface area contributed by atoms with Crippen molar-refractivity contribution >= 4 is 11.3 Å². The number of hydrogen-bond acceptors (Lipinski definition) is 1. The zero-order valence-electron chi connectivity index (χ0n) is 5.85.